The minimum atomic E-state index is -1.06. The average molecular weight is 316 g/mol. The Hall–Kier alpha value is -1.56. The van der Waals surface area contributed by atoms with Crippen molar-refractivity contribution in [2.75, 3.05) is 0 Å². The molecule has 1 aromatic heterocycles. The van der Waals surface area contributed by atoms with Crippen LogP contribution < -0.4 is 5.32 Å². The van der Waals surface area contributed by atoms with Crippen LogP contribution >= 0.6 is 11.6 Å². The van der Waals surface area contributed by atoms with E-state index in [-0.39, 0.29) is 16.1 Å². The van der Waals surface area contributed by atoms with Crippen LogP contribution in [-0.4, -0.2) is 32.8 Å². The highest BCUT2D eigenvalue weighted by molar-refractivity contribution is 6.34. The summed E-state index contributed by atoms with van der Waals surface area (Å²) in [6.07, 6.45) is 1.03. The second-order valence-corrected chi connectivity index (χ2v) is 6.71. The first kappa shape index (κ1) is 17.5. The maximum Gasteiger partial charge on any atom is 0.326 e. The van der Waals surface area contributed by atoms with Crippen molar-refractivity contribution in [2.45, 2.75) is 46.6 Å². The molecular formula is C14H22ClN3O3. The molecule has 0 aliphatic rings. The maximum absolute atomic E-state index is 12.1. The van der Waals surface area contributed by atoms with Crippen LogP contribution in [0.25, 0.3) is 0 Å². The minimum Gasteiger partial charge on any atom is -0.480 e. The zero-order chi connectivity index (χ0) is 16.4. The second-order valence-electron chi connectivity index (χ2n) is 6.34. The number of carbonyl (C=O) groups excluding carboxylic acids is 1. The number of carbonyl (C=O) groups is 2. The molecule has 0 saturated carbocycles. The van der Waals surface area contributed by atoms with Crippen LogP contribution in [0, 0.1) is 12.3 Å². The van der Waals surface area contributed by atoms with Gasteiger partial charge in [0.1, 0.15) is 6.04 Å². The molecule has 2 N–H and O–H groups in total. The Bertz CT molecular complexity index is 546. The lowest BCUT2D eigenvalue weighted by Crippen LogP contribution is -2.41. The topological polar surface area (TPSA) is 84.2 Å². The van der Waals surface area contributed by atoms with Gasteiger partial charge < -0.3 is 10.4 Å². The van der Waals surface area contributed by atoms with Crippen LogP contribution in [-0.2, 0) is 11.8 Å². The van der Waals surface area contributed by atoms with Gasteiger partial charge in [-0.15, -0.1) is 0 Å². The van der Waals surface area contributed by atoms with Crippen LogP contribution in [0.3, 0.4) is 0 Å². The third-order valence-corrected chi connectivity index (χ3v) is 3.71. The maximum atomic E-state index is 12.1. The predicted molar refractivity (Wildman–Crippen MR) is 80.5 cm³/mol. The van der Waals surface area contributed by atoms with E-state index in [9.17, 15) is 14.7 Å². The normalized spacial score (nSPS) is 13.0. The summed E-state index contributed by atoms with van der Waals surface area (Å²) in [4.78, 5) is 23.4. The third-order valence-electron chi connectivity index (χ3n) is 3.26. The van der Waals surface area contributed by atoms with Gasteiger partial charge in [-0.25, -0.2) is 4.79 Å². The Morgan fingerprint density at radius 1 is 1.43 bits per heavy atom. The third kappa shape index (κ3) is 4.74. The molecule has 1 amide bonds. The number of aromatic nitrogens is 2. The second kappa shape index (κ2) is 6.47. The van der Waals surface area contributed by atoms with Gasteiger partial charge in [0.2, 0.25) is 0 Å². The molecule has 0 saturated heterocycles. The lowest BCUT2D eigenvalue weighted by atomic mass is 9.88. The zero-order valence-electron chi connectivity index (χ0n) is 13.0. The number of rotatable bonds is 5. The number of carboxylic acid groups (broad SMARTS) is 1. The molecule has 0 spiro atoms. The van der Waals surface area contributed by atoms with E-state index in [1.165, 1.54) is 4.68 Å². The summed E-state index contributed by atoms with van der Waals surface area (Å²) in [5, 5.41) is 16.0. The standard InChI is InChI=1S/C14H22ClN3O3/c1-8-10(15)11(17-18(8)5)12(19)16-9(13(20)21)6-7-14(2,3)4/h9H,6-7H2,1-5H3,(H,16,19)(H,20,21). The van der Waals surface area contributed by atoms with Crippen molar-refractivity contribution in [3.05, 3.63) is 16.4 Å². The molecule has 1 atom stereocenters. The summed E-state index contributed by atoms with van der Waals surface area (Å²) in [7, 11) is 1.67. The molecule has 7 heteroatoms. The van der Waals surface area contributed by atoms with Crippen LogP contribution in [0.4, 0.5) is 0 Å². The molecule has 1 aromatic rings. The molecule has 6 nitrogen and oxygen atoms in total. The van der Waals surface area contributed by atoms with Crippen LogP contribution in [0.2, 0.25) is 5.02 Å². The highest BCUT2D eigenvalue weighted by Crippen LogP contribution is 2.22. The van der Waals surface area contributed by atoms with Crippen molar-refractivity contribution in [2.24, 2.45) is 12.5 Å². The number of halogens is 1. The van der Waals surface area contributed by atoms with Gasteiger partial charge in [0, 0.05) is 7.05 Å². The molecule has 0 aliphatic carbocycles. The molecule has 0 radical (unpaired) electrons. The number of carboxylic acids is 1. The number of amides is 1. The lowest BCUT2D eigenvalue weighted by molar-refractivity contribution is -0.139. The van der Waals surface area contributed by atoms with Crippen LogP contribution in [0.1, 0.15) is 49.8 Å². The van der Waals surface area contributed by atoms with E-state index in [2.05, 4.69) is 10.4 Å². The van der Waals surface area contributed by atoms with Gasteiger partial charge in [-0.05, 0) is 25.2 Å². The summed E-state index contributed by atoms with van der Waals surface area (Å²) in [5.41, 5.74) is 0.708. The van der Waals surface area contributed by atoms with E-state index in [0.29, 0.717) is 18.5 Å². The largest absolute Gasteiger partial charge is 0.480 e. The fraction of sp³-hybridized carbons (Fsp3) is 0.643. The summed E-state index contributed by atoms with van der Waals surface area (Å²) in [5.74, 6) is -1.62. The van der Waals surface area contributed by atoms with Crippen molar-refractivity contribution in [1.29, 1.82) is 0 Å². The van der Waals surface area contributed by atoms with Gasteiger partial charge in [0.25, 0.3) is 5.91 Å². The molecule has 0 bridgehead atoms. The summed E-state index contributed by atoms with van der Waals surface area (Å²) < 4.78 is 1.49. The monoisotopic (exact) mass is 315 g/mol. The van der Waals surface area contributed by atoms with E-state index in [4.69, 9.17) is 11.6 Å². The SMILES string of the molecule is Cc1c(Cl)c(C(=O)NC(CCC(C)(C)C)C(=O)O)nn1C. The Morgan fingerprint density at radius 3 is 2.38 bits per heavy atom. The Balaban J connectivity index is 2.82. The van der Waals surface area contributed by atoms with E-state index in [1.807, 2.05) is 20.8 Å². The van der Waals surface area contributed by atoms with Crippen molar-refractivity contribution >= 4 is 23.5 Å². The van der Waals surface area contributed by atoms with E-state index in [0.717, 1.165) is 0 Å². The van der Waals surface area contributed by atoms with Crippen LogP contribution in [0.5, 0.6) is 0 Å². The van der Waals surface area contributed by atoms with E-state index in [1.54, 1.807) is 14.0 Å². The van der Waals surface area contributed by atoms with Gasteiger partial charge >= 0.3 is 5.97 Å². The number of hydrogen-bond acceptors (Lipinski definition) is 3. The number of nitrogens with one attached hydrogen (secondary N) is 1. The van der Waals surface area contributed by atoms with Crippen molar-refractivity contribution < 1.29 is 14.7 Å². The van der Waals surface area contributed by atoms with Gasteiger partial charge in [0.05, 0.1) is 10.7 Å². The Kier molecular flexibility index (Phi) is 5.39. The Labute approximate surface area is 129 Å². The van der Waals surface area contributed by atoms with E-state index >= 15 is 0 Å². The molecule has 118 valence electrons. The Morgan fingerprint density at radius 2 is 2.00 bits per heavy atom. The van der Waals surface area contributed by atoms with Gasteiger partial charge in [-0.2, -0.15) is 5.10 Å². The van der Waals surface area contributed by atoms with E-state index < -0.39 is 17.9 Å². The number of nitrogens with zero attached hydrogens (tertiary/aromatic N) is 2. The fourth-order valence-electron chi connectivity index (χ4n) is 1.79. The van der Waals surface area contributed by atoms with Crippen molar-refractivity contribution in [3.63, 3.8) is 0 Å². The highest BCUT2D eigenvalue weighted by atomic mass is 35.5. The highest BCUT2D eigenvalue weighted by Gasteiger charge is 2.26. The van der Waals surface area contributed by atoms with Crippen LogP contribution in [0.15, 0.2) is 0 Å². The van der Waals surface area contributed by atoms with Gasteiger partial charge in [0.15, 0.2) is 5.69 Å². The van der Waals surface area contributed by atoms with Crippen molar-refractivity contribution in [3.8, 4) is 0 Å². The first-order chi connectivity index (χ1) is 9.53. The molecular weight excluding hydrogens is 294 g/mol. The zero-order valence-corrected chi connectivity index (χ0v) is 13.8. The molecule has 1 rings (SSSR count). The average Bonchev–Trinajstić information content (AvgIpc) is 2.60. The molecule has 0 aliphatic heterocycles. The minimum absolute atomic E-state index is 0.00232. The number of aliphatic carboxylic acids is 1. The molecule has 21 heavy (non-hydrogen) atoms. The number of aryl methyl sites for hydroxylation is 1. The molecule has 1 unspecified atom stereocenters. The predicted octanol–water partition coefficient (Wildman–Crippen LogP) is 2.39. The number of hydrogen-bond donors (Lipinski definition) is 2. The summed E-state index contributed by atoms with van der Waals surface area (Å²) in [6.45, 7) is 7.80. The summed E-state index contributed by atoms with van der Waals surface area (Å²) in [6, 6.07) is -0.949. The fourth-order valence-corrected chi connectivity index (χ4v) is 2.03. The quantitative estimate of drug-likeness (QED) is 0.873. The molecule has 0 aromatic carbocycles. The molecule has 0 fully saturated rings. The van der Waals surface area contributed by atoms with Gasteiger partial charge in [-0.3, -0.25) is 9.48 Å². The first-order valence-electron chi connectivity index (χ1n) is 6.75. The smallest absolute Gasteiger partial charge is 0.326 e. The lowest BCUT2D eigenvalue weighted by Gasteiger charge is -2.21. The molecule has 1 heterocycles. The van der Waals surface area contributed by atoms with Gasteiger partial charge in [-0.1, -0.05) is 32.4 Å². The first-order valence-corrected chi connectivity index (χ1v) is 7.13. The summed E-state index contributed by atoms with van der Waals surface area (Å²) >= 11 is 6.03. The van der Waals surface area contributed by atoms with Crippen molar-refractivity contribution in [1.82, 2.24) is 15.1 Å².